The molecule has 2 unspecified atom stereocenters. The highest BCUT2D eigenvalue weighted by atomic mass is 35.5. The average molecular weight is 733 g/mol. The summed E-state index contributed by atoms with van der Waals surface area (Å²) in [6.07, 6.45) is -15.3. The normalized spacial score (nSPS) is 33.2. The molecule has 18 heteroatoms. The molecule has 2 saturated heterocycles. The molecule has 3 heterocycles. The summed E-state index contributed by atoms with van der Waals surface area (Å²) in [5, 5.41) is 77.7. The number of nitrogens with one attached hydrogen (secondary N) is 2. The predicted octanol–water partition coefficient (Wildman–Crippen LogP) is -2.48. The van der Waals surface area contributed by atoms with Crippen LogP contribution in [0.3, 0.4) is 0 Å². The Bertz CT molecular complexity index is 1390. The predicted molar refractivity (Wildman–Crippen MR) is 171 cm³/mol. The third-order valence-electron chi connectivity index (χ3n) is 8.60. The lowest BCUT2D eigenvalue weighted by molar-refractivity contribution is -0.343. The van der Waals surface area contributed by atoms with Crippen LogP contribution in [0.25, 0.3) is 0 Å². The van der Waals surface area contributed by atoms with E-state index in [1.165, 1.54) is 7.11 Å². The van der Waals surface area contributed by atoms with Crippen LogP contribution in [0.5, 0.6) is 0 Å². The van der Waals surface area contributed by atoms with Crippen LogP contribution < -0.4 is 10.6 Å². The molecule has 50 heavy (non-hydrogen) atoms. The summed E-state index contributed by atoms with van der Waals surface area (Å²) in [5.74, 6) is -2.30. The van der Waals surface area contributed by atoms with Gasteiger partial charge in [-0.2, -0.15) is 0 Å². The number of halogens is 1. The molecule has 0 aromatic heterocycles. The maximum atomic E-state index is 13.4. The van der Waals surface area contributed by atoms with Crippen LogP contribution in [0.15, 0.2) is 46.8 Å². The molecule has 3 aliphatic heterocycles. The third kappa shape index (κ3) is 8.64. The van der Waals surface area contributed by atoms with Crippen molar-refractivity contribution in [2.24, 2.45) is 0 Å². The first-order chi connectivity index (χ1) is 23.9. The number of methoxy groups -OCH3 is 1. The lowest BCUT2D eigenvalue weighted by atomic mass is 9.80. The van der Waals surface area contributed by atoms with Crippen molar-refractivity contribution in [2.75, 3.05) is 46.7 Å². The first-order valence-electron chi connectivity index (χ1n) is 16.0. The van der Waals surface area contributed by atoms with Gasteiger partial charge >= 0.3 is 11.9 Å². The summed E-state index contributed by atoms with van der Waals surface area (Å²) in [6.45, 7) is 1.85. The van der Waals surface area contributed by atoms with Gasteiger partial charge in [-0.3, -0.25) is 5.32 Å². The highest BCUT2D eigenvalue weighted by molar-refractivity contribution is 6.31. The molecule has 1 aromatic carbocycles. The fourth-order valence-electron chi connectivity index (χ4n) is 6.07. The molecule has 11 atom stereocenters. The van der Waals surface area contributed by atoms with Gasteiger partial charge in [-0.05, 0) is 25.5 Å². The Hall–Kier alpha value is -2.75. The van der Waals surface area contributed by atoms with Gasteiger partial charge in [0.1, 0.15) is 55.1 Å². The van der Waals surface area contributed by atoms with Gasteiger partial charge in [0.15, 0.2) is 6.29 Å². The van der Waals surface area contributed by atoms with Gasteiger partial charge < -0.3 is 69.5 Å². The fourth-order valence-corrected chi connectivity index (χ4v) is 6.31. The lowest BCUT2D eigenvalue weighted by Gasteiger charge is -2.46. The quantitative estimate of drug-likeness (QED) is 0.0709. The van der Waals surface area contributed by atoms with Crippen molar-refractivity contribution in [1.29, 1.82) is 0 Å². The second-order valence-corrected chi connectivity index (χ2v) is 12.2. The Balaban J connectivity index is 1.42. The molecule has 0 radical (unpaired) electrons. The van der Waals surface area contributed by atoms with Gasteiger partial charge in [0, 0.05) is 17.3 Å². The van der Waals surface area contributed by atoms with E-state index in [-0.39, 0.29) is 37.5 Å². The van der Waals surface area contributed by atoms with Crippen molar-refractivity contribution < 1.29 is 73.8 Å². The number of aliphatic hydroxyl groups excluding tert-OH is 7. The SMILES string of the molecule is CCOC(=O)C1=C(COCCNC2O[C@H](CO)[C@@H](O[C@H]3O[C@H](CO)[C@H](O)[C@H](O)[C@H]3O)[C@H](O)[C@H]2O)NC(C)=C(C(=O)OC)C1c1ccccc1Cl. The van der Waals surface area contributed by atoms with Gasteiger partial charge in [-0.15, -0.1) is 0 Å². The summed E-state index contributed by atoms with van der Waals surface area (Å²) in [6, 6.07) is 6.77. The van der Waals surface area contributed by atoms with Crippen molar-refractivity contribution in [3.8, 4) is 0 Å². The van der Waals surface area contributed by atoms with Crippen LogP contribution in [0.4, 0.5) is 0 Å². The molecular formula is C32H45ClN2O15. The van der Waals surface area contributed by atoms with Gasteiger partial charge in [-0.1, -0.05) is 29.8 Å². The number of rotatable bonds is 14. The summed E-state index contributed by atoms with van der Waals surface area (Å²) >= 11 is 6.53. The van der Waals surface area contributed by atoms with Crippen LogP contribution in [0.2, 0.25) is 5.02 Å². The number of aliphatic hydroxyl groups is 7. The third-order valence-corrected chi connectivity index (χ3v) is 8.95. The lowest BCUT2D eigenvalue weighted by Crippen LogP contribution is -2.66. The minimum atomic E-state index is -1.78. The minimum absolute atomic E-state index is 0.0120. The zero-order valence-electron chi connectivity index (χ0n) is 27.7. The Morgan fingerprint density at radius 3 is 2.26 bits per heavy atom. The molecule has 2 fully saturated rings. The monoisotopic (exact) mass is 732 g/mol. The van der Waals surface area contributed by atoms with E-state index in [2.05, 4.69) is 10.6 Å². The van der Waals surface area contributed by atoms with E-state index in [1.54, 1.807) is 38.1 Å². The van der Waals surface area contributed by atoms with Crippen LogP contribution in [-0.2, 0) is 38.0 Å². The Kier molecular flexibility index (Phi) is 14.5. The maximum absolute atomic E-state index is 13.4. The molecule has 0 saturated carbocycles. The zero-order valence-corrected chi connectivity index (χ0v) is 28.4. The Morgan fingerprint density at radius 2 is 1.62 bits per heavy atom. The highest BCUT2D eigenvalue weighted by Gasteiger charge is 2.50. The number of carbonyl (C=O) groups is 2. The van der Waals surface area contributed by atoms with Crippen molar-refractivity contribution >= 4 is 23.5 Å². The number of allylic oxidation sites excluding steroid dienone is 1. The van der Waals surface area contributed by atoms with E-state index in [9.17, 15) is 45.3 Å². The molecule has 17 nitrogen and oxygen atoms in total. The molecule has 0 spiro atoms. The van der Waals surface area contributed by atoms with E-state index in [4.69, 9.17) is 40.0 Å². The second-order valence-electron chi connectivity index (χ2n) is 11.8. The molecule has 0 amide bonds. The summed E-state index contributed by atoms with van der Waals surface area (Å²) < 4.78 is 32.9. The first kappa shape index (κ1) is 40.0. The molecule has 9 N–H and O–H groups in total. The Morgan fingerprint density at radius 1 is 0.920 bits per heavy atom. The minimum Gasteiger partial charge on any atom is -0.466 e. The van der Waals surface area contributed by atoms with Gasteiger partial charge in [0.05, 0.1) is 62.9 Å². The number of esters is 2. The van der Waals surface area contributed by atoms with E-state index < -0.39 is 92.4 Å². The van der Waals surface area contributed by atoms with Crippen LogP contribution >= 0.6 is 11.6 Å². The number of hydrogen-bond acceptors (Lipinski definition) is 17. The molecular weight excluding hydrogens is 688 g/mol. The summed E-state index contributed by atoms with van der Waals surface area (Å²) in [5.41, 5.74) is 1.48. The standard InChI is InChI=1S/C32H45ClN2O15/c1-4-47-31(44)22-17(35-14(2)20(30(43)45-3)21(22)15-7-5-6-8-16(15)33)13-46-10-9-34-29-26(41)25(40)28(19(12-37)48-29)50-32-27(42)24(39)23(38)18(11-36)49-32/h5-8,18-19,21,23-29,32,34-42H,4,9-13H2,1-3H3/t18-,19-,21?,23+,24+,25-,26-,27-,28-,29?,32-/m1/s1. The van der Waals surface area contributed by atoms with Crippen molar-refractivity contribution in [3.63, 3.8) is 0 Å². The van der Waals surface area contributed by atoms with E-state index in [0.717, 1.165) is 0 Å². The number of benzene rings is 1. The zero-order chi connectivity index (χ0) is 36.7. The largest absolute Gasteiger partial charge is 0.466 e. The van der Waals surface area contributed by atoms with E-state index >= 15 is 0 Å². The van der Waals surface area contributed by atoms with Gasteiger partial charge in [0.25, 0.3) is 0 Å². The molecule has 3 aliphatic rings. The van der Waals surface area contributed by atoms with Gasteiger partial charge in [-0.25, -0.2) is 9.59 Å². The van der Waals surface area contributed by atoms with E-state index in [0.29, 0.717) is 22.0 Å². The summed E-state index contributed by atoms with van der Waals surface area (Å²) in [4.78, 5) is 26.3. The smallest absolute Gasteiger partial charge is 0.336 e. The topological polar surface area (TPSA) is 255 Å². The van der Waals surface area contributed by atoms with Crippen molar-refractivity contribution in [3.05, 3.63) is 57.4 Å². The van der Waals surface area contributed by atoms with Crippen molar-refractivity contribution in [2.45, 2.75) is 81.1 Å². The van der Waals surface area contributed by atoms with Crippen LogP contribution in [0, 0.1) is 0 Å². The first-order valence-corrected chi connectivity index (χ1v) is 16.4. The molecule has 1 aromatic rings. The highest BCUT2D eigenvalue weighted by Crippen LogP contribution is 2.42. The fraction of sp³-hybridized carbons (Fsp3) is 0.625. The van der Waals surface area contributed by atoms with Crippen LogP contribution in [0.1, 0.15) is 25.3 Å². The van der Waals surface area contributed by atoms with Crippen molar-refractivity contribution in [1.82, 2.24) is 10.6 Å². The number of carbonyl (C=O) groups excluding carboxylic acids is 2. The molecule has 280 valence electrons. The Labute approximate surface area is 292 Å². The van der Waals surface area contributed by atoms with Crippen LogP contribution in [-0.4, -0.2) is 156 Å². The average Bonchev–Trinajstić information content (AvgIpc) is 3.10. The maximum Gasteiger partial charge on any atom is 0.336 e. The summed E-state index contributed by atoms with van der Waals surface area (Å²) in [7, 11) is 1.23. The second kappa shape index (κ2) is 18.1. The molecule has 4 rings (SSSR count). The molecule has 0 bridgehead atoms. The molecule has 0 aliphatic carbocycles. The number of ether oxygens (including phenoxy) is 6. The van der Waals surface area contributed by atoms with Gasteiger partial charge in [0.2, 0.25) is 0 Å². The van der Waals surface area contributed by atoms with E-state index in [1.807, 2.05) is 0 Å². The number of hydrogen-bond donors (Lipinski definition) is 9. The number of dihydropyridines is 1.